The standard InChI is InChI=1S/C26H30F3N4PS/c1-25(2)17-22-24(23(18-25)32-14-7-4-8-15-32)34(35,33(30-22)21-12-5-3-6-13-21)31-20-11-9-10-19(16-20)26(27,28)29/h3,5-6,9-13,16H,4,7-8,14-15,17-18H2,1-2H3,(H,31,35). The smallest absolute Gasteiger partial charge is 0.374 e. The van der Waals surface area contributed by atoms with E-state index in [1.165, 1.54) is 18.2 Å². The van der Waals surface area contributed by atoms with Crippen molar-refractivity contribution in [1.82, 2.24) is 4.90 Å². The molecule has 1 fully saturated rings. The fourth-order valence-electron chi connectivity index (χ4n) is 5.26. The summed E-state index contributed by atoms with van der Waals surface area (Å²) in [5.41, 5.74) is 2.74. The van der Waals surface area contributed by atoms with Crippen LogP contribution in [-0.4, -0.2) is 23.7 Å². The summed E-state index contributed by atoms with van der Waals surface area (Å²) in [7, 11) is 0. The highest BCUT2D eigenvalue weighted by atomic mass is 32.4. The quantitative estimate of drug-likeness (QED) is 0.418. The molecule has 4 nitrogen and oxygen atoms in total. The maximum absolute atomic E-state index is 13.5. The highest BCUT2D eigenvalue weighted by Crippen LogP contribution is 2.66. The molecule has 0 saturated carbocycles. The average Bonchev–Trinajstić information content (AvgIpc) is 3.10. The first kappa shape index (κ1) is 24.4. The molecule has 2 aliphatic heterocycles. The third-order valence-corrected chi connectivity index (χ3v) is 10.6. The number of alkyl halides is 3. The molecule has 2 heterocycles. The molecule has 2 aromatic carbocycles. The number of rotatable bonds is 4. The summed E-state index contributed by atoms with van der Waals surface area (Å²) < 4.78 is 42.3. The molecule has 186 valence electrons. The van der Waals surface area contributed by atoms with Gasteiger partial charge in [0.25, 0.3) is 0 Å². The Hall–Kier alpha value is -2.31. The lowest BCUT2D eigenvalue weighted by molar-refractivity contribution is -0.137. The zero-order valence-electron chi connectivity index (χ0n) is 20.0. The molecule has 35 heavy (non-hydrogen) atoms. The van der Waals surface area contributed by atoms with Crippen molar-refractivity contribution in [2.75, 3.05) is 23.0 Å². The maximum Gasteiger partial charge on any atom is 0.416 e. The number of piperidine rings is 1. The van der Waals surface area contributed by atoms with E-state index >= 15 is 0 Å². The lowest BCUT2D eigenvalue weighted by Crippen LogP contribution is -2.36. The van der Waals surface area contributed by atoms with Crippen LogP contribution in [0.3, 0.4) is 0 Å². The molecule has 0 bridgehead atoms. The second-order valence-corrected chi connectivity index (χ2v) is 14.1. The Balaban J connectivity index is 1.67. The van der Waals surface area contributed by atoms with Crippen LogP contribution in [0.5, 0.6) is 0 Å². The molecule has 1 unspecified atom stereocenters. The number of hydrazone groups is 1. The van der Waals surface area contributed by atoms with Crippen molar-refractivity contribution in [1.29, 1.82) is 0 Å². The fourth-order valence-corrected chi connectivity index (χ4v) is 9.22. The SMILES string of the molecule is CC1(C)CC2=NN(c3ccccc3)P(=S)(Nc3cccc(C(F)(F)F)c3)C2=C(N2CCCCC2)C1. The normalized spacial score (nSPS) is 24.3. The van der Waals surface area contributed by atoms with Crippen LogP contribution in [0.25, 0.3) is 0 Å². The van der Waals surface area contributed by atoms with Gasteiger partial charge >= 0.3 is 6.18 Å². The van der Waals surface area contributed by atoms with Crippen molar-refractivity contribution in [2.45, 2.75) is 52.1 Å². The van der Waals surface area contributed by atoms with E-state index in [0.717, 1.165) is 67.6 Å². The Morgan fingerprint density at radius 2 is 1.69 bits per heavy atom. The molecule has 9 heteroatoms. The average molecular weight is 519 g/mol. The Morgan fingerprint density at radius 1 is 0.971 bits per heavy atom. The Labute approximate surface area is 210 Å². The van der Waals surface area contributed by atoms with Crippen molar-refractivity contribution < 1.29 is 13.2 Å². The van der Waals surface area contributed by atoms with Crippen LogP contribution in [0.4, 0.5) is 24.5 Å². The van der Waals surface area contributed by atoms with E-state index in [2.05, 4.69) is 23.8 Å². The van der Waals surface area contributed by atoms with E-state index < -0.39 is 18.1 Å². The van der Waals surface area contributed by atoms with Crippen molar-refractivity contribution in [2.24, 2.45) is 10.5 Å². The molecule has 1 aliphatic carbocycles. The number of nitrogens with zero attached hydrogens (tertiary/aromatic N) is 3. The number of hydrogen-bond donors (Lipinski definition) is 1. The molecular weight excluding hydrogens is 488 g/mol. The van der Waals surface area contributed by atoms with Crippen molar-refractivity contribution in [3.8, 4) is 0 Å². The van der Waals surface area contributed by atoms with Gasteiger partial charge in [0.15, 0.2) is 6.34 Å². The molecule has 1 saturated heterocycles. The minimum atomic E-state index is -4.42. The number of likely N-dealkylation sites (tertiary alicyclic amines) is 1. The van der Waals surface area contributed by atoms with Gasteiger partial charge in [-0.25, -0.2) is 4.78 Å². The minimum absolute atomic E-state index is 0.0260. The first-order valence-corrected chi connectivity index (χ1v) is 14.8. The van der Waals surface area contributed by atoms with Crippen LogP contribution in [0.1, 0.15) is 51.5 Å². The van der Waals surface area contributed by atoms with Crippen molar-refractivity contribution in [3.63, 3.8) is 0 Å². The van der Waals surface area contributed by atoms with E-state index in [0.29, 0.717) is 5.69 Å². The second kappa shape index (κ2) is 8.97. The van der Waals surface area contributed by atoms with E-state index in [1.807, 2.05) is 35.1 Å². The first-order chi connectivity index (χ1) is 16.6. The van der Waals surface area contributed by atoms with E-state index in [1.54, 1.807) is 6.07 Å². The van der Waals surface area contributed by atoms with Crippen LogP contribution < -0.4 is 9.87 Å². The number of allylic oxidation sites excluding steroid dienone is 2. The number of fused-ring (bicyclic) bond motifs is 1. The van der Waals surface area contributed by atoms with Crippen molar-refractivity contribution >= 4 is 35.2 Å². The lowest BCUT2D eigenvalue weighted by Gasteiger charge is -2.42. The largest absolute Gasteiger partial charge is 0.416 e. The predicted molar refractivity (Wildman–Crippen MR) is 141 cm³/mol. The molecular formula is C26H30F3N4PS. The van der Waals surface area contributed by atoms with Crippen LogP contribution in [0, 0.1) is 5.41 Å². The molecule has 0 radical (unpaired) electrons. The highest BCUT2D eigenvalue weighted by Gasteiger charge is 2.47. The monoisotopic (exact) mass is 518 g/mol. The van der Waals surface area contributed by atoms with Crippen LogP contribution in [0.2, 0.25) is 0 Å². The molecule has 3 aliphatic rings. The van der Waals surface area contributed by atoms with Crippen LogP contribution in [-0.2, 0) is 18.0 Å². The van der Waals surface area contributed by atoms with Gasteiger partial charge in [-0.1, -0.05) is 38.1 Å². The number of para-hydroxylation sites is 1. The minimum Gasteiger partial charge on any atom is -0.374 e. The molecule has 1 N–H and O–H groups in total. The summed E-state index contributed by atoms with van der Waals surface area (Å²) in [6.07, 6.45) is -2.09. The molecule has 2 aromatic rings. The Morgan fingerprint density at radius 3 is 2.37 bits per heavy atom. The summed E-state index contributed by atoms with van der Waals surface area (Å²) >= 11 is 6.45. The summed E-state index contributed by atoms with van der Waals surface area (Å²) in [4.78, 5) is 2.46. The summed E-state index contributed by atoms with van der Waals surface area (Å²) in [6, 6.07) is 15.1. The number of benzene rings is 2. The molecule has 1 atom stereocenters. The van der Waals surface area contributed by atoms with Gasteiger partial charge in [0.2, 0.25) is 0 Å². The third-order valence-electron chi connectivity index (χ3n) is 6.82. The summed E-state index contributed by atoms with van der Waals surface area (Å²) in [6.45, 7) is 6.47. The maximum atomic E-state index is 13.5. The number of nitrogens with one attached hydrogen (secondary N) is 1. The summed E-state index contributed by atoms with van der Waals surface area (Å²) in [5, 5.41) is 9.53. The first-order valence-electron chi connectivity index (χ1n) is 12.0. The fraction of sp³-hybridized carbons (Fsp3) is 0.423. The van der Waals surface area contributed by atoms with Gasteiger partial charge in [-0.2, -0.15) is 18.3 Å². The number of anilines is 2. The van der Waals surface area contributed by atoms with Gasteiger partial charge < -0.3 is 9.99 Å². The molecule has 0 spiro atoms. The van der Waals surface area contributed by atoms with Gasteiger partial charge in [-0.05, 0) is 79.7 Å². The molecule has 0 amide bonds. The number of hydrogen-bond acceptors (Lipinski definition) is 3. The van der Waals surface area contributed by atoms with E-state index in [4.69, 9.17) is 16.9 Å². The van der Waals surface area contributed by atoms with Crippen molar-refractivity contribution in [3.05, 3.63) is 71.2 Å². The van der Waals surface area contributed by atoms with E-state index in [9.17, 15) is 13.2 Å². The van der Waals surface area contributed by atoms with Gasteiger partial charge in [0, 0.05) is 24.5 Å². The van der Waals surface area contributed by atoms with Gasteiger partial charge in [-0.15, -0.1) is 0 Å². The van der Waals surface area contributed by atoms with Gasteiger partial charge in [0.05, 0.1) is 22.3 Å². The van der Waals surface area contributed by atoms with Gasteiger partial charge in [0.1, 0.15) is 0 Å². The third kappa shape index (κ3) is 4.75. The Kier molecular flexibility index (Phi) is 6.25. The predicted octanol–water partition coefficient (Wildman–Crippen LogP) is 7.82. The topological polar surface area (TPSA) is 30.9 Å². The second-order valence-electron chi connectivity index (χ2n) is 10.3. The lowest BCUT2D eigenvalue weighted by atomic mass is 9.78. The highest BCUT2D eigenvalue weighted by molar-refractivity contribution is 8.18. The van der Waals surface area contributed by atoms with Crippen LogP contribution >= 0.6 is 6.34 Å². The molecule has 5 rings (SSSR count). The summed E-state index contributed by atoms with van der Waals surface area (Å²) in [5.74, 6) is 0. The zero-order chi connectivity index (χ0) is 24.8. The zero-order valence-corrected chi connectivity index (χ0v) is 21.7. The van der Waals surface area contributed by atoms with Gasteiger partial charge in [-0.3, -0.25) is 0 Å². The van der Waals surface area contributed by atoms with E-state index in [-0.39, 0.29) is 5.41 Å². The molecule has 0 aromatic heterocycles. The Bertz CT molecular complexity index is 1220. The van der Waals surface area contributed by atoms with Crippen LogP contribution in [0.15, 0.2) is 70.7 Å². The number of halogens is 3.